The number of anilines is 1. The van der Waals surface area contributed by atoms with Gasteiger partial charge in [-0.15, -0.1) is 10.2 Å². The molecule has 2 aromatic rings. The van der Waals surface area contributed by atoms with E-state index in [1.807, 2.05) is 31.2 Å². The van der Waals surface area contributed by atoms with Gasteiger partial charge in [-0.2, -0.15) is 5.21 Å². The number of carbonyl (C=O) groups excluding carboxylic acids is 1. The lowest BCUT2D eigenvalue weighted by molar-refractivity contribution is 0.0988. The van der Waals surface area contributed by atoms with E-state index in [-0.39, 0.29) is 5.78 Å². The van der Waals surface area contributed by atoms with Crippen molar-refractivity contribution in [3.8, 4) is 0 Å². The van der Waals surface area contributed by atoms with Crippen molar-refractivity contribution in [3.05, 3.63) is 35.7 Å². The zero-order valence-electron chi connectivity index (χ0n) is 9.47. The molecule has 0 spiro atoms. The van der Waals surface area contributed by atoms with E-state index < -0.39 is 0 Å². The standard InChI is InChI=1S/C11H13N5O/c1-2-10(17)8-3-5-9(6-4-8)12-7-11-13-15-16-14-11/h3-6,12H,2,7H2,1H3,(H,13,14,15,16). The number of nitrogens with one attached hydrogen (secondary N) is 2. The highest BCUT2D eigenvalue weighted by molar-refractivity contribution is 5.96. The minimum absolute atomic E-state index is 0.148. The van der Waals surface area contributed by atoms with Gasteiger partial charge in [0.05, 0.1) is 6.54 Å². The number of rotatable bonds is 5. The molecule has 0 atom stereocenters. The normalized spacial score (nSPS) is 10.2. The van der Waals surface area contributed by atoms with E-state index in [0.717, 1.165) is 11.3 Å². The van der Waals surface area contributed by atoms with Crippen LogP contribution in [-0.2, 0) is 6.54 Å². The first-order valence-corrected chi connectivity index (χ1v) is 5.39. The third kappa shape index (κ3) is 2.87. The average molecular weight is 231 g/mol. The predicted octanol–water partition coefficient (Wildman–Crippen LogP) is 1.40. The minimum Gasteiger partial charge on any atom is -0.378 e. The third-order valence-corrected chi connectivity index (χ3v) is 2.37. The predicted molar refractivity (Wildman–Crippen MR) is 62.6 cm³/mol. The van der Waals surface area contributed by atoms with Crippen LogP contribution in [0.1, 0.15) is 29.5 Å². The number of Topliss-reactive ketones (excluding diaryl/α,β-unsaturated/α-hetero) is 1. The Morgan fingerprint density at radius 1 is 1.35 bits per heavy atom. The maximum Gasteiger partial charge on any atom is 0.193 e. The van der Waals surface area contributed by atoms with Gasteiger partial charge in [0.1, 0.15) is 0 Å². The number of carbonyl (C=O) groups is 1. The highest BCUT2D eigenvalue weighted by atomic mass is 16.1. The van der Waals surface area contributed by atoms with Gasteiger partial charge in [0.15, 0.2) is 11.6 Å². The van der Waals surface area contributed by atoms with Gasteiger partial charge in [0, 0.05) is 17.7 Å². The van der Waals surface area contributed by atoms with Crippen LogP contribution in [0.2, 0.25) is 0 Å². The van der Waals surface area contributed by atoms with Crippen LogP contribution in [0.5, 0.6) is 0 Å². The lowest BCUT2D eigenvalue weighted by atomic mass is 10.1. The van der Waals surface area contributed by atoms with Crippen molar-refractivity contribution >= 4 is 11.5 Å². The topological polar surface area (TPSA) is 83.6 Å². The Balaban J connectivity index is 1.96. The number of hydrogen-bond acceptors (Lipinski definition) is 5. The molecular formula is C11H13N5O. The first-order valence-electron chi connectivity index (χ1n) is 5.39. The van der Waals surface area contributed by atoms with Crippen molar-refractivity contribution in [1.29, 1.82) is 0 Å². The lowest BCUT2D eigenvalue weighted by Crippen LogP contribution is -2.02. The minimum atomic E-state index is 0.148. The van der Waals surface area contributed by atoms with Crippen LogP contribution < -0.4 is 5.32 Å². The van der Waals surface area contributed by atoms with Gasteiger partial charge >= 0.3 is 0 Å². The summed E-state index contributed by atoms with van der Waals surface area (Å²) in [6, 6.07) is 7.35. The molecule has 0 bridgehead atoms. The summed E-state index contributed by atoms with van der Waals surface area (Å²) in [5.41, 5.74) is 1.65. The SMILES string of the molecule is CCC(=O)c1ccc(NCc2nn[nH]n2)cc1. The van der Waals surface area contributed by atoms with Gasteiger partial charge in [-0.3, -0.25) is 4.79 Å². The van der Waals surface area contributed by atoms with Crippen molar-refractivity contribution in [1.82, 2.24) is 20.6 Å². The second-order valence-electron chi connectivity index (χ2n) is 3.54. The lowest BCUT2D eigenvalue weighted by Gasteiger charge is -2.04. The number of tetrazole rings is 1. The number of aromatic amines is 1. The van der Waals surface area contributed by atoms with Gasteiger partial charge in [-0.25, -0.2) is 0 Å². The Hall–Kier alpha value is -2.24. The largest absolute Gasteiger partial charge is 0.378 e. The highest BCUT2D eigenvalue weighted by Crippen LogP contribution is 2.11. The summed E-state index contributed by atoms with van der Waals surface area (Å²) in [7, 11) is 0. The summed E-state index contributed by atoms with van der Waals surface area (Å²) in [5, 5.41) is 16.6. The molecule has 0 aliphatic carbocycles. The Morgan fingerprint density at radius 3 is 2.71 bits per heavy atom. The van der Waals surface area contributed by atoms with Gasteiger partial charge in [-0.05, 0) is 24.3 Å². The smallest absolute Gasteiger partial charge is 0.193 e. The van der Waals surface area contributed by atoms with Crippen molar-refractivity contribution in [2.75, 3.05) is 5.32 Å². The quantitative estimate of drug-likeness (QED) is 0.760. The molecule has 0 saturated heterocycles. The van der Waals surface area contributed by atoms with E-state index >= 15 is 0 Å². The number of nitrogens with zero attached hydrogens (tertiary/aromatic N) is 3. The molecule has 0 fully saturated rings. The van der Waals surface area contributed by atoms with Crippen molar-refractivity contribution in [2.45, 2.75) is 19.9 Å². The molecule has 0 aliphatic rings. The molecule has 0 unspecified atom stereocenters. The second kappa shape index (κ2) is 5.20. The van der Waals surface area contributed by atoms with Crippen molar-refractivity contribution in [2.24, 2.45) is 0 Å². The Kier molecular flexibility index (Phi) is 3.44. The summed E-state index contributed by atoms with van der Waals surface area (Å²) in [6.45, 7) is 2.35. The first-order chi connectivity index (χ1) is 8.29. The Labute approximate surface area is 98.4 Å². The summed E-state index contributed by atoms with van der Waals surface area (Å²) in [4.78, 5) is 11.4. The summed E-state index contributed by atoms with van der Waals surface area (Å²) < 4.78 is 0. The molecule has 88 valence electrons. The molecule has 6 heteroatoms. The molecule has 0 saturated carbocycles. The van der Waals surface area contributed by atoms with Crippen molar-refractivity contribution in [3.63, 3.8) is 0 Å². The molecule has 17 heavy (non-hydrogen) atoms. The third-order valence-electron chi connectivity index (χ3n) is 2.37. The zero-order chi connectivity index (χ0) is 12.1. The molecule has 0 aliphatic heterocycles. The number of benzene rings is 1. The van der Waals surface area contributed by atoms with Crippen LogP contribution in [0.4, 0.5) is 5.69 Å². The van der Waals surface area contributed by atoms with Gasteiger partial charge in [0.25, 0.3) is 0 Å². The van der Waals surface area contributed by atoms with E-state index in [4.69, 9.17) is 0 Å². The summed E-state index contributed by atoms with van der Waals surface area (Å²) in [5.74, 6) is 0.744. The number of ketones is 1. The average Bonchev–Trinajstić information content (AvgIpc) is 2.89. The number of H-pyrrole nitrogens is 1. The summed E-state index contributed by atoms with van der Waals surface area (Å²) >= 11 is 0. The Morgan fingerprint density at radius 2 is 2.12 bits per heavy atom. The molecule has 0 amide bonds. The van der Waals surface area contributed by atoms with E-state index in [2.05, 4.69) is 25.9 Å². The van der Waals surface area contributed by atoms with E-state index in [0.29, 0.717) is 18.8 Å². The maximum absolute atomic E-state index is 11.4. The fourth-order valence-corrected chi connectivity index (χ4v) is 1.42. The monoisotopic (exact) mass is 231 g/mol. The van der Waals surface area contributed by atoms with E-state index in [1.54, 1.807) is 0 Å². The fourth-order valence-electron chi connectivity index (χ4n) is 1.42. The van der Waals surface area contributed by atoms with Crippen LogP contribution in [0.25, 0.3) is 0 Å². The van der Waals surface area contributed by atoms with Gasteiger partial charge in [-0.1, -0.05) is 12.1 Å². The Bertz CT molecular complexity index is 477. The first kappa shape index (κ1) is 11.3. The number of hydrogen-bond donors (Lipinski definition) is 2. The van der Waals surface area contributed by atoms with E-state index in [9.17, 15) is 4.79 Å². The zero-order valence-corrected chi connectivity index (χ0v) is 9.47. The fraction of sp³-hybridized carbons (Fsp3) is 0.273. The molecule has 0 radical (unpaired) electrons. The molecule has 1 aromatic carbocycles. The summed E-state index contributed by atoms with van der Waals surface area (Å²) in [6.07, 6.45) is 0.523. The van der Waals surface area contributed by atoms with Gasteiger partial charge in [0.2, 0.25) is 0 Å². The molecule has 2 N–H and O–H groups in total. The van der Waals surface area contributed by atoms with Gasteiger partial charge < -0.3 is 5.32 Å². The molecule has 2 rings (SSSR count). The molecule has 6 nitrogen and oxygen atoms in total. The number of aromatic nitrogens is 4. The molecule has 1 heterocycles. The van der Waals surface area contributed by atoms with Crippen LogP contribution in [0.15, 0.2) is 24.3 Å². The van der Waals surface area contributed by atoms with Crippen LogP contribution >= 0.6 is 0 Å². The molecule has 1 aromatic heterocycles. The maximum atomic E-state index is 11.4. The molecular weight excluding hydrogens is 218 g/mol. The van der Waals surface area contributed by atoms with Crippen molar-refractivity contribution < 1.29 is 4.79 Å². The highest BCUT2D eigenvalue weighted by Gasteiger charge is 2.02. The second-order valence-corrected chi connectivity index (χ2v) is 3.54. The van der Waals surface area contributed by atoms with Crippen LogP contribution in [0, 0.1) is 0 Å². The van der Waals surface area contributed by atoms with Crippen LogP contribution in [-0.4, -0.2) is 26.4 Å². The van der Waals surface area contributed by atoms with Crippen LogP contribution in [0.3, 0.4) is 0 Å². The van der Waals surface area contributed by atoms with E-state index in [1.165, 1.54) is 0 Å².